The quantitative estimate of drug-likeness (QED) is 0.101. The number of hydrogen-bond donors (Lipinski definition) is 0. The molecule has 0 radical (unpaired) electrons. The lowest BCUT2D eigenvalue weighted by Crippen LogP contribution is -2.74. The standard InChI is InChI=1S/C60H43NOSi/c1-7-20-44(21-8-1)45-34-36-48(37-35-45)61(49-38-40-53(41-39-49)63(50-26-13-4-14-27-50,51-28-15-5-16-29-51)52-30-17-6-18-31-52)58-54(46-22-9-2-10-23-46)42-43-57-56-33-19-32-55(59(56)62-60(57)58)47-24-11-3-12-25-47/h1-43H. The molecule has 0 unspecified atom stereocenters. The van der Waals surface area contributed by atoms with E-state index in [0.29, 0.717) is 0 Å². The molecule has 11 rings (SSSR count). The average Bonchev–Trinajstić information content (AvgIpc) is 3.76. The molecule has 10 aromatic carbocycles. The lowest BCUT2D eigenvalue weighted by Gasteiger charge is -2.35. The number of furan rings is 1. The van der Waals surface area contributed by atoms with Gasteiger partial charge in [-0.25, -0.2) is 0 Å². The molecule has 0 aliphatic heterocycles. The van der Waals surface area contributed by atoms with Crippen LogP contribution in [0.15, 0.2) is 265 Å². The van der Waals surface area contributed by atoms with E-state index < -0.39 is 8.07 Å². The number of rotatable bonds is 10. The number of para-hydroxylation sites is 1. The maximum absolute atomic E-state index is 7.26. The van der Waals surface area contributed by atoms with Gasteiger partial charge in [0.05, 0.1) is 5.69 Å². The van der Waals surface area contributed by atoms with Crippen LogP contribution in [0.3, 0.4) is 0 Å². The van der Waals surface area contributed by atoms with E-state index in [0.717, 1.165) is 66.8 Å². The Morgan fingerprint density at radius 1 is 0.270 bits per heavy atom. The molecule has 0 amide bonds. The van der Waals surface area contributed by atoms with Crippen LogP contribution in [0.1, 0.15) is 0 Å². The second-order valence-electron chi connectivity index (χ2n) is 16.0. The predicted octanol–water partition coefficient (Wildman–Crippen LogP) is 13.4. The zero-order valence-electron chi connectivity index (χ0n) is 34.7. The van der Waals surface area contributed by atoms with Crippen LogP contribution in [-0.2, 0) is 0 Å². The number of nitrogens with zero attached hydrogens (tertiary/aromatic N) is 1. The topological polar surface area (TPSA) is 16.4 Å². The normalized spacial score (nSPS) is 11.5. The SMILES string of the molecule is c1ccc(-c2ccc(N(c3ccc([Si](c4ccccc4)(c4ccccc4)c4ccccc4)cc3)c3c(-c4ccccc4)ccc4c3oc3c(-c5ccccc5)cccc34)cc2)cc1. The van der Waals surface area contributed by atoms with E-state index >= 15 is 0 Å². The molecule has 0 spiro atoms. The van der Waals surface area contributed by atoms with Crippen molar-refractivity contribution < 1.29 is 4.42 Å². The van der Waals surface area contributed by atoms with Crippen LogP contribution in [0.5, 0.6) is 0 Å². The highest BCUT2D eigenvalue weighted by atomic mass is 28.3. The summed E-state index contributed by atoms with van der Waals surface area (Å²) in [4.78, 5) is 2.41. The first-order valence-electron chi connectivity index (χ1n) is 21.6. The molecule has 3 heteroatoms. The van der Waals surface area contributed by atoms with Gasteiger partial charge < -0.3 is 9.32 Å². The van der Waals surface area contributed by atoms with Crippen molar-refractivity contribution in [1.82, 2.24) is 0 Å². The van der Waals surface area contributed by atoms with E-state index in [2.05, 4.69) is 266 Å². The van der Waals surface area contributed by atoms with Crippen LogP contribution in [0.2, 0.25) is 0 Å². The first-order chi connectivity index (χ1) is 31.3. The maximum Gasteiger partial charge on any atom is 0.179 e. The summed E-state index contributed by atoms with van der Waals surface area (Å²) in [7, 11) is -2.77. The third-order valence-electron chi connectivity index (χ3n) is 12.4. The summed E-state index contributed by atoms with van der Waals surface area (Å²) in [6, 6.07) is 94.6. The summed E-state index contributed by atoms with van der Waals surface area (Å²) in [5, 5.41) is 7.50. The molecule has 2 nitrogen and oxygen atoms in total. The van der Waals surface area contributed by atoms with E-state index in [1.54, 1.807) is 0 Å². The summed E-state index contributed by atoms with van der Waals surface area (Å²) in [6.07, 6.45) is 0. The summed E-state index contributed by atoms with van der Waals surface area (Å²) in [5.41, 5.74) is 11.5. The fourth-order valence-corrected chi connectivity index (χ4v) is 14.3. The highest BCUT2D eigenvalue weighted by Gasteiger charge is 2.41. The lowest BCUT2D eigenvalue weighted by atomic mass is 9.98. The van der Waals surface area contributed by atoms with Crippen LogP contribution in [-0.4, -0.2) is 8.07 Å². The van der Waals surface area contributed by atoms with Crippen molar-refractivity contribution in [1.29, 1.82) is 0 Å². The zero-order chi connectivity index (χ0) is 42.0. The molecule has 1 aromatic heterocycles. The first kappa shape index (κ1) is 38.0. The fourth-order valence-electron chi connectivity index (χ4n) is 9.53. The van der Waals surface area contributed by atoms with Gasteiger partial charge in [-0.3, -0.25) is 0 Å². The van der Waals surface area contributed by atoms with Gasteiger partial charge in [0, 0.05) is 33.3 Å². The van der Waals surface area contributed by atoms with Gasteiger partial charge in [0.1, 0.15) is 5.58 Å². The van der Waals surface area contributed by atoms with E-state index in [1.165, 1.54) is 26.3 Å². The van der Waals surface area contributed by atoms with Gasteiger partial charge in [-0.1, -0.05) is 231 Å². The van der Waals surface area contributed by atoms with Gasteiger partial charge >= 0.3 is 0 Å². The molecule has 0 fully saturated rings. The summed E-state index contributed by atoms with van der Waals surface area (Å²) >= 11 is 0. The Balaban J connectivity index is 1.18. The number of fused-ring (bicyclic) bond motifs is 3. The number of benzene rings is 10. The Bertz CT molecular complexity index is 3180. The van der Waals surface area contributed by atoms with Crippen molar-refractivity contribution in [2.24, 2.45) is 0 Å². The molecule has 0 aliphatic rings. The number of hydrogen-bond acceptors (Lipinski definition) is 2. The summed E-state index contributed by atoms with van der Waals surface area (Å²) in [5.74, 6) is 0. The van der Waals surface area contributed by atoms with Crippen molar-refractivity contribution in [3.63, 3.8) is 0 Å². The molecular weight excluding hydrogens is 779 g/mol. The molecule has 1 heterocycles. The van der Waals surface area contributed by atoms with Gasteiger partial charge in [0.2, 0.25) is 0 Å². The molecular formula is C60H43NOSi. The molecule has 0 atom stereocenters. The molecule has 0 saturated heterocycles. The first-order valence-corrected chi connectivity index (χ1v) is 23.6. The molecule has 0 saturated carbocycles. The second-order valence-corrected chi connectivity index (χ2v) is 19.8. The molecule has 63 heavy (non-hydrogen) atoms. The van der Waals surface area contributed by atoms with Crippen molar-refractivity contribution in [3.8, 4) is 33.4 Å². The maximum atomic E-state index is 7.26. The van der Waals surface area contributed by atoms with Crippen LogP contribution >= 0.6 is 0 Å². The van der Waals surface area contributed by atoms with Crippen molar-refractivity contribution in [2.75, 3.05) is 4.90 Å². The van der Waals surface area contributed by atoms with E-state index in [9.17, 15) is 0 Å². The molecule has 11 aromatic rings. The molecule has 0 N–H and O–H groups in total. The van der Waals surface area contributed by atoms with Gasteiger partial charge in [-0.05, 0) is 73.3 Å². The third kappa shape index (κ3) is 6.76. The predicted molar refractivity (Wildman–Crippen MR) is 268 cm³/mol. The second kappa shape index (κ2) is 16.5. The van der Waals surface area contributed by atoms with Gasteiger partial charge in [0.25, 0.3) is 0 Å². The van der Waals surface area contributed by atoms with E-state index in [-0.39, 0.29) is 0 Å². The smallest absolute Gasteiger partial charge is 0.179 e. The minimum Gasteiger partial charge on any atom is -0.453 e. The Kier molecular flexibility index (Phi) is 9.93. The average molecular weight is 822 g/mol. The minimum atomic E-state index is -2.77. The Morgan fingerprint density at radius 2 is 0.667 bits per heavy atom. The zero-order valence-corrected chi connectivity index (χ0v) is 35.7. The van der Waals surface area contributed by atoms with Crippen molar-refractivity contribution in [3.05, 3.63) is 261 Å². The van der Waals surface area contributed by atoms with Crippen molar-refractivity contribution >= 4 is 67.8 Å². The van der Waals surface area contributed by atoms with E-state index in [1.807, 2.05) is 0 Å². The highest BCUT2D eigenvalue weighted by Crippen LogP contribution is 2.48. The summed E-state index contributed by atoms with van der Waals surface area (Å²) in [6.45, 7) is 0. The Labute approximate surface area is 369 Å². The monoisotopic (exact) mass is 821 g/mol. The molecule has 0 bridgehead atoms. The Morgan fingerprint density at radius 3 is 1.17 bits per heavy atom. The largest absolute Gasteiger partial charge is 0.453 e. The van der Waals surface area contributed by atoms with Crippen LogP contribution in [0.4, 0.5) is 17.1 Å². The lowest BCUT2D eigenvalue weighted by molar-refractivity contribution is 0.670. The Hall–Kier alpha value is -7.98. The fraction of sp³-hybridized carbons (Fsp3) is 0. The van der Waals surface area contributed by atoms with Gasteiger partial charge in [-0.15, -0.1) is 0 Å². The van der Waals surface area contributed by atoms with Crippen molar-refractivity contribution in [2.45, 2.75) is 0 Å². The minimum absolute atomic E-state index is 0.840. The van der Waals surface area contributed by atoms with Gasteiger partial charge in [-0.2, -0.15) is 0 Å². The number of anilines is 3. The molecule has 0 aliphatic carbocycles. The molecule has 298 valence electrons. The van der Waals surface area contributed by atoms with Gasteiger partial charge in [0.15, 0.2) is 13.7 Å². The van der Waals surface area contributed by atoms with Crippen LogP contribution < -0.4 is 25.6 Å². The third-order valence-corrected chi connectivity index (χ3v) is 17.2. The summed E-state index contributed by atoms with van der Waals surface area (Å²) < 4.78 is 7.26. The van der Waals surface area contributed by atoms with Crippen LogP contribution in [0.25, 0.3) is 55.3 Å². The highest BCUT2D eigenvalue weighted by molar-refractivity contribution is 7.19. The van der Waals surface area contributed by atoms with Crippen LogP contribution in [0, 0.1) is 0 Å². The van der Waals surface area contributed by atoms with E-state index in [4.69, 9.17) is 4.42 Å².